The third-order valence-electron chi connectivity index (χ3n) is 3.55. The summed E-state index contributed by atoms with van der Waals surface area (Å²) in [4.78, 5) is 6.87. The molecule has 0 aliphatic rings. The molecule has 0 rings (SSSR count). The zero-order valence-electron chi connectivity index (χ0n) is 16.4. The quantitative estimate of drug-likeness (QED) is 0.508. The van der Waals surface area contributed by atoms with Crippen LogP contribution in [-0.2, 0) is 8.85 Å². The van der Waals surface area contributed by atoms with E-state index in [1.165, 1.54) is 0 Å². The first-order valence-electron chi connectivity index (χ1n) is 8.30. The standard InChI is InChI=1S/C16H39N3O2Si/c1-10-20-22(9,21-11-2)15-16(12-17(3)4,13-18(5)6)14-19(7)8/h10-15H2,1-9H3. The van der Waals surface area contributed by atoms with E-state index < -0.39 is 8.56 Å². The van der Waals surface area contributed by atoms with Crippen molar-refractivity contribution in [2.45, 2.75) is 26.4 Å². The summed E-state index contributed by atoms with van der Waals surface area (Å²) >= 11 is 0. The van der Waals surface area contributed by atoms with Gasteiger partial charge in [-0.1, -0.05) is 0 Å². The third-order valence-corrected chi connectivity index (χ3v) is 6.74. The molecule has 5 nitrogen and oxygen atoms in total. The molecule has 0 aromatic heterocycles. The lowest BCUT2D eigenvalue weighted by Crippen LogP contribution is -2.54. The molecule has 0 aromatic rings. The maximum Gasteiger partial charge on any atom is 0.335 e. The minimum Gasteiger partial charge on any atom is -0.395 e. The second-order valence-electron chi connectivity index (χ2n) is 7.39. The molecule has 0 radical (unpaired) electrons. The first-order valence-corrected chi connectivity index (χ1v) is 10.8. The zero-order chi connectivity index (χ0) is 17.4. The highest BCUT2D eigenvalue weighted by atomic mass is 28.4. The topological polar surface area (TPSA) is 28.2 Å². The first-order chi connectivity index (χ1) is 10.1. The van der Waals surface area contributed by atoms with Gasteiger partial charge in [-0.15, -0.1) is 0 Å². The largest absolute Gasteiger partial charge is 0.395 e. The Morgan fingerprint density at radius 3 is 1.27 bits per heavy atom. The van der Waals surface area contributed by atoms with E-state index in [-0.39, 0.29) is 5.41 Å². The van der Waals surface area contributed by atoms with Crippen molar-refractivity contribution in [1.29, 1.82) is 0 Å². The van der Waals surface area contributed by atoms with Gasteiger partial charge in [0.05, 0.1) is 0 Å². The summed E-state index contributed by atoms with van der Waals surface area (Å²) in [7, 11) is 10.8. The predicted octanol–water partition coefficient (Wildman–Crippen LogP) is 1.80. The van der Waals surface area contributed by atoms with Crippen molar-refractivity contribution in [2.75, 3.05) is 75.1 Å². The van der Waals surface area contributed by atoms with Gasteiger partial charge in [-0.3, -0.25) is 0 Å². The highest BCUT2D eigenvalue weighted by molar-refractivity contribution is 6.66. The van der Waals surface area contributed by atoms with Crippen LogP contribution in [0.1, 0.15) is 13.8 Å². The fourth-order valence-electron chi connectivity index (χ4n) is 3.77. The fraction of sp³-hybridized carbons (Fsp3) is 1.00. The summed E-state index contributed by atoms with van der Waals surface area (Å²) in [6, 6.07) is 1.01. The Labute approximate surface area is 139 Å². The van der Waals surface area contributed by atoms with Crippen LogP contribution in [0.25, 0.3) is 0 Å². The molecule has 134 valence electrons. The lowest BCUT2D eigenvalue weighted by Gasteiger charge is -2.44. The SMILES string of the molecule is CCO[Si](C)(CC(CN(C)C)(CN(C)C)CN(C)C)OCC. The molecule has 0 aromatic carbocycles. The average Bonchev–Trinajstić information content (AvgIpc) is 2.24. The Hall–Kier alpha value is 0.0169. The van der Waals surface area contributed by atoms with Crippen molar-refractivity contribution >= 4 is 8.56 Å². The molecule has 0 spiro atoms. The molecule has 0 N–H and O–H groups in total. The molecule has 0 bridgehead atoms. The summed E-state index contributed by atoms with van der Waals surface area (Å²) in [6.07, 6.45) is 0. The van der Waals surface area contributed by atoms with Crippen LogP contribution in [-0.4, -0.2) is 98.4 Å². The van der Waals surface area contributed by atoms with Crippen LogP contribution in [0.5, 0.6) is 0 Å². The predicted molar refractivity (Wildman–Crippen MR) is 97.8 cm³/mol. The highest BCUT2D eigenvalue weighted by Gasteiger charge is 2.44. The summed E-state index contributed by atoms with van der Waals surface area (Å²) in [5.74, 6) is 0. The van der Waals surface area contributed by atoms with Crippen molar-refractivity contribution in [2.24, 2.45) is 5.41 Å². The molecule has 0 saturated heterocycles. The maximum atomic E-state index is 6.13. The van der Waals surface area contributed by atoms with E-state index in [2.05, 4.69) is 77.4 Å². The van der Waals surface area contributed by atoms with Gasteiger partial charge < -0.3 is 23.6 Å². The van der Waals surface area contributed by atoms with Crippen LogP contribution in [0.2, 0.25) is 12.6 Å². The summed E-state index contributed by atoms with van der Waals surface area (Å²) < 4.78 is 12.3. The fourth-order valence-corrected chi connectivity index (χ4v) is 6.97. The van der Waals surface area contributed by atoms with Gasteiger partial charge in [0.1, 0.15) is 0 Å². The third kappa shape index (κ3) is 8.60. The second kappa shape index (κ2) is 10.0. The monoisotopic (exact) mass is 333 g/mol. The molecular formula is C16H39N3O2Si. The Kier molecular flexibility index (Phi) is 10.0. The molecule has 0 amide bonds. The molecule has 0 aliphatic carbocycles. The van der Waals surface area contributed by atoms with Crippen molar-refractivity contribution in [3.63, 3.8) is 0 Å². The highest BCUT2D eigenvalue weighted by Crippen LogP contribution is 2.33. The summed E-state index contributed by atoms with van der Waals surface area (Å²) in [5.41, 5.74) is 0.141. The maximum absolute atomic E-state index is 6.13. The molecule has 0 aliphatic heterocycles. The second-order valence-corrected chi connectivity index (χ2v) is 10.6. The lowest BCUT2D eigenvalue weighted by atomic mass is 9.88. The van der Waals surface area contributed by atoms with Gasteiger partial charge in [-0.2, -0.15) is 0 Å². The first kappa shape index (κ1) is 22.0. The Bertz CT molecular complexity index is 267. The van der Waals surface area contributed by atoms with Gasteiger partial charge >= 0.3 is 8.56 Å². The number of hydrogen-bond acceptors (Lipinski definition) is 5. The van der Waals surface area contributed by atoms with Crippen LogP contribution in [0, 0.1) is 5.41 Å². The number of nitrogens with zero attached hydrogens (tertiary/aromatic N) is 3. The lowest BCUT2D eigenvalue weighted by molar-refractivity contribution is 0.0992. The van der Waals surface area contributed by atoms with E-state index in [4.69, 9.17) is 8.85 Å². The molecule has 0 atom stereocenters. The van der Waals surface area contributed by atoms with E-state index in [1.54, 1.807) is 0 Å². The van der Waals surface area contributed by atoms with E-state index in [9.17, 15) is 0 Å². The Balaban J connectivity index is 5.46. The van der Waals surface area contributed by atoms with E-state index in [1.807, 2.05) is 0 Å². The van der Waals surface area contributed by atoms with Crippen LogP contribution < -0.4 is 0 Å². The van der Waals surface area contributed by atoms with Gasteiger partial charge in [-0.25, -0.2) is 0 Å². The van der Waals surface area contributed by atoms with E-state index >= 15 is 0 Å². The van der Waals surface area contributed by atoms with E-state index in [0.717, 1.165) is 38.9 Å². The van der Waals surface area contributed by atoms with Gasteiger partial charge in [0.25, 0.3) is 0 Å². The minimum atomic E-state index is -2.17. The van der Waals surface area contributed by atoms with Crippen molar-refractivity contribution in [1.82, 2.24) is 14.7 Å². The van der Waals surface area contributed by atoms with Gasteiger partial charge in [0.15, 0.2) is 0 Å². The van der Waals surface area contributed by atoms with Gasteiger partial charge in [0.2, 0.25) is 0 Å². The summed E-state index contributed by atoms with van der Waals surface area (Å²) in [6.45, 7) is 10.9. The Morgan fingerprint density at radius 2 is 1.05 bits per heavy atom. The van der Waals surface area contributed by atoms with Crippen molar-refractivity contribution < 1.29 is 8.85 Å². The minimum absolute atomic E-state index is 0.141. The normalized spacial score (nSPS) is 13.6. The van der Waals surface area contributed by atoms with Crippen LogP contribution >= 0.6 is 0 Å². The number of hydrogen-bond donors (Lipinski definition) is 0. The van der Waals surface area contributed by atoms with Gasteiger partial charge in [-0.05, 0) is 62.7 Å². The Morgan fingerprint density at radius 1 is 0.727 bits per heavy atom. The molecule has 0 unspecified atom stereocenters. The molecule has 0 fully saturated rings. The van der Waals surface area contributed by atoms with Gasteiger partial charge in [0, 0.05) is 44.3 Å². The molecule has 22 heavy (non-hydrogen) atoms. The van der Waals surface area contributed by atoms with Crippen LogP contribution in [0.4, 0.5) is 0 Å². The average molecular weight is 334 g/mol. The smallest absolute Gasteiger partial charge is 0.335 e. The summed E-state index contributed by atoms with van der Waals surface area (Å²) in [5, 5.41) is 0. The molecule has 6 heteroatoms. The van der Waals surface area contributed by atoms with Crippen LogP contribution in [0.3, 0.4) is 0 Å². The van der Waals surface area contributed by atoms with Crippen molar-refractivity contribution in [3.05, 3.63) is 0 Å². The zero-order valence-corrected chi connectivity index (χ0v) is 17.4. The van der Waals surface area contributed by atoms with E-state index in [0.29, 0.717) is 0 Å². The molecular weight excluding hydrogens is 294 g/mol. The van der Waals surface area contributed by atoms with Crippen molar-refractivity contribution in [3.8, 4) is 0 Å². The number of rotatable bonds is 12. The molecule has 0 saturated carbocycles. The molecule has 0 heterocycles. The van der Waals surface area contributed by atoms with Crippen LogP contribution in [0.15, 0.2) is 0 Å².